The van der Waals surface area contributed by atoms with E-state index in [9.17, 15) is 22.4 Å². The maximum absolute atomic E-state index is 13.5. The first-order chi connectivity index (χ1) is 12.9. The lowest BCUT2D eigenvalue weighted by Crippen LogP contribution is -2.20. The number of aromatic nitrogens is 1. The summed E-state index contributed by atoms with van der Waals surface area (Å²) >= 11 is 1.38. The molecule has 1 aromatic heterocycles. The SMILES string of the molecule is Cc1c(C(C)(C)C)sc(=NC(=O)c2ccc(F)c(C(F)(F)F)c2)n1CC1CC1. The second kappa shape index (κ2) is 7.13. The van der Waals surface area contributed by atoms with Crippen molar-refractivity contribution in [3.05, 3.63) is 50.5 Å². The Balaban J connectivity index is 2.07. The Morgan fingerprint density at radius 3 is 2.43 bits per heavy atom. The molecular formula is C20H22F4N2OS. The van der Waals surface area contributed by atoms with E-state index in [-0.39, 0.29) is 11.0 Å². The van der Waals surface area contributed by atoms with Crippen LogP contribution in [0.5, 0.6) is 0 Å². The van der Waals surface area contributed by atoms with Gasteiger partial charge in [-0.25, -0.2) is 4.39 Å². The highest BCUT2D eigenvalue weighted by atomic mass is 32.1. The summed E-state index contributed by atoms with van der Waals surface area (Å²) in [5.41, 5.74) is -0.867. The van der Waals surface area contributed by atoms with Crippen LogP contribution in [0.4, 0.5) is 17.6 Å². The van der Waals surface area contributed by atoms with E-state index < -0.39 is 23.5 Å². The van der Waals surface area contributed by atoms with Crippen molar-refractivity contribution >= 4 is 17.2 Å². The molecule has 1 aromatic carbocycles. The van der Waals surface area contributed by atoms with Crippen LogP contribution in [0.1, 0.15) is 60.1 Å². The van der Waals surface area contributed by atoms with Gasteiger partial charge in [0.2, 0.25) is 0 Å². The summed E-state index contributed by atoms with van der Waals surface area (Å²) in [4.78, 5) is 18.2. The Labute approximate surface area is 164 Å². The minimum Gasteiger partial charge on any atom is -0.320 e. The molecule has 1 amide bonds. The molecule has 0 aliphatic heterocycles. The molecule has 0 unspecified atom stereocenters. The van der Waals surface area contributed by atoms with E-state index in [1.807, 2.05) is 11.5 Å². The lowest BCUT2D eigenvalue weighted by Gasteiger charge is -2.17. The first-order valence-electron chi connectivity index (χ1n) is 9.04. The predicted molar refractivity (Wildman–Crippen MR) is 99.8 cm³/mol. The Bertz CT molecular complexity index is 976. The number of halogens is 4. The van der Waals surface area contributed by atoms with Crippen LogP contribution in [-0.4, -0.2) is 10.5 Å². The van der Waals surface area contributed by atoms with E-state index in [4.69, 9.17) is 0 Å². The summed E-state index contributed by atoms with van der Waals surface area (Å²) in [6.45, 7) is 8.90. The monoisotopic (exact) mass is 414 g/mol. The van der Waals surface area contributed by atoms with Gasteiger partial charge in [0.25, 0.3) is 5.91 Å². The topological polar surface area (TPSA) is 34.4 Å². The van der Waals surface area contributed by atoms with Crippen LogP contribution in [0.3, 0.4) is 0 Å². The number of amides is 1. The Kier molecular flexibility index (Phi) is 5.29. The third-order valence-corrected chi connectivity index (χ3v) is 6.30. The molecule has 0 saturated heterocycles. The highest BCUT2D eigenvalue weighted by Crippen LogP contribution is 2.34. The number of carbonyl (C=O) groups is 1. The van der Waals surface area contributed by atoms with Gasteiger partial charge < -0.3 is 4.57 Å². The fourth-order valence-electron chi connectivity index (χ4n) is 3.07. The van der Waals surface area contributed by atoms with E-state index in [0.29, 0.717) is 22.9 Å². The van der Waals surface area contributed by atoms with Crippen molar-refractivity contribution in [1.82, 2.24) is 4.57 Å². The van der Waals surface area contributed by atoms with Crippen molar-refractivity contribution < 1.29 is 22.4 Å². The van der Waals surface area contributed by atoms with Crippen molar-refractivity contribution in [2.45, 2.75) is 58.7 Å². The minimum atomic E-state index is -4.87. The smallest absolute Gasteiger partial charge is 0.320 e. The van der Waals surface area contributed by atoms with Crippen LogP contribution < -0.4 is 4.80 Å². The average molecular weight is 414 g/mol. The van der Waals surface area contributed by atoms with Crippen molar-refractivity contribution in [2.75, 3.05) is 0 Å². The highest BCUT2D eigenvalue weighted by Gasteiger charge is 2.35. The van der Waals surface area contributed by atoms with Gasteiger partial charge in [-0.15, -0.1) is 11.3 Å². The van der Waals surface area contributed by atoms with Crippen molar-refractivity contribution in [3.63, 3.8) is 0 Å². The van der Waals surface area contributed by atoms with Gasteiger partial charge in [0.15, 0.2) is 4.80 Å². The number of carbonyl (C=O) groups excluding carboxylic acids is 1. The highest BCUT2D eigenvalue weighted by molar-refractivity contribution is 7.09. The van der Waals surface area contributed by atoms with Crippen molar-refractivity contribution in [2.24, 2.45) is 10.9 Å². The number of rotatable bonds is 3. The summed E-state index contributed by atoms with van der Waals surface area (Å²) in [6, 6.07) is 2.22. The standard InChI is InChI=1S/C20H22F4N2OS/c1-11-16(19(2,3)4)28-18(26(11)10-12-5-6-12)25-17(27)13-7-8-15(21)14(9-13)20(22,23)24/h7-9,12H,5-6,10H2,1-4H3. The fourth-order valence-corrected chi connectivity index (χ4v) is 4.26. The largest absolute Gasteiger partial charge is 0.419 e. The summed E-state index contributed by atoms with van der Waals surface area (Å²) in [6.07, 6.45) is -2.63. The van der Waals surface area contributed by atoms with Gasteiger partial charge in [-0.1, -0.05) is 20.8 Å². The van der Waals surface area contributed by atoms with Crippen molar-refractivity contribution in [1.29, 1.82) is 0 Å². The molecule has 0 bridgehead atoms. The predicted octanol–water partition coefficient (Wildman–Crippen LogP) is 5.46. The maximum atomic E-state index is 13.5. The molecule has 1 saturated carbocycles. The van der Waals surface area contributed by atoms with Crippen LogP contribution in [-0.2, 0) is 18.1 Å². The molecule has 1 heterocycles. The number of benzene rings is 1. The van der Waals surface area contributed by atoms with E-state index in [0.717, 1.165) is 36.0 Å². The van der Waals surface area contributed by atoms with E-state index in [2.05, 4.69) is 25.8 Å². The van der Waals surface area contributed by atoms with E-state index in [1.165, 1.54) is 11.3 Å². The van der Waals surface area contributed by atoms with E-state index >= 15 is 0 Å². The molecule has 0 N–H and O–H groups in total. The van der Waals surface area contributed by atoms with Gasteiger partial charge in [0.1, 0.15) is 5.82 Å². The van der Waals surface area contributed by atoms with Gasteiger partial charge in [0, 0.05) is 22.7 Å². The van der Waals surface area contributed by atoms with Crippen molar-refractivity contribution in [3.8, 4) is 0 Å². The van der Waals surface area contributed by atoms with Crippen LogP contribution >= 0.6 is 11.3 Å². The quantitative estimate of drug-likeness (QED) is 0.614. The van der Waals surface area contributed by atoms with Crippen LogP contribution in [0, 0.1) is 18.7 Å². The maximum Gasteiger partial charge on any atom is 0.419 e. The van der Waals surface area contributed by atoms with Crippen LogP contribution in [0.15, 0.2) is 23.2 Å². The summed E-state index contributed by atoms with van der Waals surface area (Å²) < 4.78 is 54.3. The Morgan fingerprint density at radius 2 is 1.89 bits per heavy atom. The molecule has 3 nitrogen and oxygen atoms in total. The molecular weight excluding hydrogens is 392 g/mol. The van der Waals surface area contributed by atoms with Gasteiger partial charge in [0.05, 0.1) is 5.56 Å². The third kappa shape index (κ3) is 4.37. The molecule has 152 valence electrons. The van der Waals surface area contributed by atoms with Gasteiger partial charge in [-0.05, 0) is 49.3 Å². The summed E-state index contributed by atoms with van der Waals surface area (Å²) in [7, 11) is 0. The zero-order chi connectivity index (χ0) is 20.9. The Morgan fingerprint density at radius 1 is 1.25 bits per heavy atom. The lowest BCUT2D eigenvalue weighted by molar-refractivity contribution is -0.140. The normalized spacial score (nSPS) is 15.9. The molecule has 1 aliphatic carbocycles. The molecule has 0 radical (unpaired) electrons. The number of alkyl halides is 3. The van der Waals surface area contributed by atoms with Gasteiger partial charge >= 0.3 is 6.18 Å². The molecule has 3 rings (SSSR count). The minimum absolute atomic E-state index is 0.143. The molecule has 2 aromatic rings. The summed E-state index contributed by atoms with van der Waals surface area (Å²) in [5.74, 6) is -1.68. The summed E-state index contributed by atoms with van der Waals surface area (Å²) in [5, 5.41) is 0. The number of hydrogen-bond donors (Lipinski definition) is 0. The molecule has 1 fully saturated rings. The second-order valence-electron chi connectivity index (χ2n) is 8.21. The van der Waals surface area contributed by atoms with Crippen LogP contribution in [0.25, 0.3) is 0 Å². The molecule has 1 aliphatic rings. The average Bonchev–Trinajstić information content (AvgIpc) is 3.32. The lowest BCUT2D eigenvalue weighted by atomic mass is 9.93. The molecule has 28 heavy (non-hydrogen) atoms. The van der Waals surface area contributed by atoms with E-state index in [1.54, 1.807) is 0 Å². The molecule has 8 heteroatoms. The second-order valence-corrected chi connectivity index (χ2v) is 9.19. The van der Waals surface area contributed by atoms with Gasteiger partial charge in [-0.2, -0.15) is 18.2 Å². The van der Waals surface area contributed by atoms with Gasteiger partial charge in [-0.3, -0.25) is 4.79 Å². The first kappa shape index (κ1) is 20.8. The zero-order valence-electron chi connectivity index (χ0n) is 16.2. The first-order valence-corrected chi connectivity index (χ1v) is 9.86. The number of hydrogen-bond acceptors (Lipinski definition) is 2. The van der Waals surface area contributed by atoms with Crippen LogP contribution in [0.2, 0.25) is 0 Å². The fraction of sp³-hybridized carbons (Fsp3) is 0.500. The number of nitrogens with zero attached hydrogens (tertiary/aromatic N) is 2. The zero-order valence-corrected chi connectivity index (χ0v) is 17.0. The molecule has 0 atom stereocenters. The third-order valence-electron chi connectivity index (χ3n) is 4.69. The number of thiazole rings is 1. The Hall–Kier alpha value is -1.96. The molecule has 0 spiro atoms.